The molecule has 0 aliphatic heterocycles. The fourth-order valence-corrected chi connectivity index (χ4v) is 3.17. The Hall–Kier alpha value is -3.78. The fraction of sp³-hybridized carbons (Fsp3) is 0. The van der Waals surface area contributed by atoms with Crippen LogP contribution in [0.2, 0.25) is 5.02 Å². The number of hydrogen-bond acceptors (Lipinski definition) is 6. The Labute approximate surface area is 163 Å². The lowest BCUT2D eigenvalue weighted by molar-refractivity contribution is 0.102. The molecule has 28 heavy (non-hydrogen) atoms. The lowest BCUT2D eigenvalue weighted by Crippen LogP contribution is -2.28. The van der Waals surface area contributed by atoms with E-state index in [0.717, 1.165) is 0 Å². The predicted octanol–water partition coefficient (Wildman–Crippen LogP) is 2.61. The van der Waals surface area contributed by atoms with Gasteiger partial charge in [0.2, 0.25) is 11.6 Å². The molecule has 0 bridgehead atoms. The minimum atomic E-state index is -0.887. The number of nitrogens with one attached hydrogen (secondary N) is 1. The first-order valence-corrected chi connectivity index (χ1v) is 8.54. The highest BCUT2D eigenvalue weighted by Crippen LogP contribution is 2.37. The number of aromatic amines is 1. The molecule has 2 aromatic heterocycles. The molecule has 4 aromatic rings. The maximum absolute atomic E-state index is 13.3. The van der Waals surface area contributed by atoms with Crippen molar-refractivity contribution < 1.29 is 9.90 Å². The van der Waals surface area contributed by atoms with Gasteiger partial charge in [-0.25, -0.2) is 0 Å². The number of carbonyl (C=O) groups excluding carboxylic acids is 1. The molecular weight excluding hydrogens is 382 g/mol. The summed E-state index contributed by atoms with van der Waals surface area (Å²) in [4.78, 5) is 26.0. The number of carbonyl (C=O) groups is 1. The lowest BCUT2D eigenvalue weighted by Gasteiger charge is -2.17. The van der Waals surface area contributed by atoms with E-state index in [1.54, 1.807) is 54.6 Å². The third-order valence-corrected chi connectivity index (χ3v) is 4.49. The van der Waals surface area contributed by atoms with Gasteiger partial charge in [0.1, 0.15) is 10.6 Å². The number of nitrogens with zero attached hydrogens (tertiary/aromatic N) is 4. The van der Waals surface area contributed by atoms with Gasteiger partial charge in [-0.3, -0.25) is 14.2 Å². The summed E-state index contributed by atoms with van der Waals surface area (Å²) in [5.41, 5.74) is 0.0649. The molecule has 0 saturated carbocycles. The Morgan fingerprint density at radius 3 is 2.29 bits per heavy atom. The number of rotatable bonds is 4. The minimum Gasteiger partial charge on any atom is -0.505 e. The van der Waals surface area contributed by atoms with E-state index < -0.39 is 22.7 Å². The van der Waals surface area contributed by atoms with Crippen LogP contribution in [-0.2, 0) is 0 Å². The van der Waals surface area contributed by atoms with E-state index in [0.29, 0.717) is 11.3 Å². The van der Waals surface area contributed by atoms with Gasteiger partial charge in [-0.15, -0.1) is 10.2 Å². The molecule has 2 N–H and O–H groups in total. The minimum absolute atomic E-state index is 0.138. The van der Waals surface area contributed by atoms with Crippen LogP contribution in [0.25, 0.3) is 16.9 Å². The summed E-state index contributed by atoms with van der Waals surface area (Å²) < 4.78 is 1.28. The maximum Gasteiger partial charge on any atom is 0.270 e. The molecule has 0 spiro atoms. The summed E-state index contributed by atoms with van der Waals surface area (Å²) in [7, 11) is 0. The molecule has 0 radical (unpaired) electrons. The topological polar surface area (TPSA) is 114 Å². The van der Waals surface area contributed by atoms with Crippen LogP contribution in [0.15, 0.2) is 65.5 Å². The largest absolute Gasteiger partial charge is 0.505 e. The van der Waals surface area contributed by atoms with Crippen molar-refractivity contribution in [3.63, 3.8) is 0 Å². The molecule has 0 fully saturated rings. The number of benzene rings is 2. The Kier molecular flexibility index (Phi) is 4.46. The quantitative estimate of drug-likeness (QED) is 0.515. The number of tetrazole rings is 1. The van der Waals surface area contributed by atoms with Gasteiger partial charge in [-0.1, -0.05) is 60.1 Å². The van der Waals surface area contributed by atoms with E-state index in [4.69, 9.17) is 11.6 Å². The van der Waals surface area contributed by atoms with Gasteiger partial charge in [0, 0.05) is 11.3 Å². The van der Waals surface area contributed by atoms with Crippen LogP contribution in [0.5, 0.6) is 5.75 Å². The van der Waals surface area contributed by atoms with Gasteiger partial charge in [0.15, 0.2) is 5.75 Å². The SMILES string of the molecule is O=C(c1nn[nH]n1)c1c(O)c(Cl)c(-c2ccccc2)n(-c2ccccc2)c1=O. The molecule has 4 rings (SSSR count). The van der Waals surface area contributed by atoms with E-state index in [2.05, 4.69) is 20.6 Å². The fourth-order valence-electron chi connectivity index (χ4n) is 2.88. The van der Waals surface area contributed by atoms with E-state index >= 15 is 0 Å². The van der Waals surface area contributed by atoms with E-state index in [-0.39, 0.29) is 16.5 Å². The highest BCUT2D eigenvalue weighted by Gasteiger charge is 2.29. The number of ketones is 1. The van der Waals surface area contributed by atoms with Gasteiger partial charge < -0.3 is 5.11 Å². The van der Waals surface area contributed by atoms with Crippen LogP contribution in [-0.4, -0.2) is 36.1 Å². The van der Waals surface area contributed by atoms with Crippen molar-refractivity contribution in [1.82, 2.24) is 25.2 Å². The summed E-state index contributed by atoms with van der Waals surface area (Å²) in [5, 5.41) is 23.1. The molecule has 0 atom stereocenters. The highest BCUT2D eigenvalue weighted by atomic mass is 35.5. The third-order valence-electron chi connectivity index (χ3n) is 4.13. The molecule has 8 nitrogen and oxygen atoms in total. The molecule has 0 saturated heterocycles. The van der Waals surface area contributed by atoms with Crippen molar-refractivity contribution in [2.45, 2.75) is 0 Å². The van der Waals surface area contributed by atoms with Gasteiger partial charge in [-0.2, -0.15) is 5.21 Å². The van der Waals surface area contributed by atoms with Crippen LogP contribution < -0.4 is 5.56 Å². The zero-order valence-electron chi connectivity index (χ0n) is 14.2. The Bertz CT molecular complexity index is 1210. The predicted molar refractivity (Wildman–Crippen MR) is 102 cm³/mol. The number of aromatic hydroxyl groups is 1. The van der Waals surface area contributed by atoms with Crippen LogP contribution in [0.1, 0.15) is 16.2 Å². The van der Waals surface area contributed by atoms with Gasteiger partial charge in [0.05, 0.1) is 5.69 Å². The van der Waals surface area contributed by atoms with Crippen molar-refractivity contribution in [1.29, 1.82) is 0 Å². The van der Waals surface area contributed by atoms with Crippen LogP contribution in [0.3, 0.4) is 0 Å². The second-order valence-electron chi connectivity index (χ2n) is 5.79. The van der Waals surface area contributed by atoms with Gasteiger partial charge >= 0.3 is 0 Å². The molecule has 138 valence electrons. The molecule has 0 amide bonds. The molecular formula is C19H12ClN5O3. The first-order chi connectivity index (χ1) is 13.6. The molecule has 9 heteroatoms. The van der Waals surface area contributed by atoms with Crippen molar-refractivity contribution in [3.8, 4) is 22.7 Å². The molecule has 2 aromatic carbocycles. The van der Waals surface area contributed by atoms with E-state index in [1.165, 1.54) is 4.57 Å². The summed E-state index contributed by atoms with van der Waals surface area (Å²) in [6, 6.07) is 17.6. The molecule has 0 aliphatic rings. The summed E-state index contributed by atoms with van der Waals surface area (Å²) >= 11 is 6.44. The average molecular weight is 394 g/mol. The summed E-state index contributed by atoms with van der Waals surface area (Å²) in [6.07, 6.45) is 0. The molecule has 0 aliphatic carbocycles. The van der Waals surface area contributed by atoms with Gasteiger partial charge in [-0.05, 0) is 17.3 Å². The van der Waals surface area contributed by atoms with Crippen LogP contribution >= 0.6 is 11.6 Å². The normalized spacial score (nSPS) is 10.8. The Morgan fingerprint density at radius 1 is 1.04 bits per heavy atom. The highest BCUT2D eigenvalue weighted by molar-refractivity contribution is 6.35. The van der Waals surface area contributed by atoms with Crippen LogP contribution in [0, 0.1) is 0 Å². The summed E-state index contributed by atoms with van der Waals surface area (Å²) in [6.45, 7) is 0. The smallest absolute Gasteiger partial charge is 0.270 e. The second kappa shape index (κ2) is 7.09. The van der Waals surface area contributed by atoms with E-state index in [1.807, 2.05) is 6.07 Å². The number of pyridine rings is 1. The standard InChI is InChI=1S/C19H12ClN5O3/c20-14-15(11-7-3-1-4-8-11)25(12-9-5-2-6-10-12)19(28)13(16(14)26)17(27)18-21-23-24-22-18/h1-10,26H,(H,21,22,23,24). The van der Waals surface area contributed by atoms with Crippen molar-refractivity contribution in [3.05, 3.63) is 87.4 Å². The van der Waals surface area contributed by atoms with Crippen molar-refractivity contribution in [2.24, 2.45) is 0 Å². The van der Waals surface area contributed by atoms with Crippen molar-refractivity contribution in [2.75, 3.05) is 0 Å². The first-order valence-electron chi connectivity index (χ1n) is 8.16. The van der Waals surface area contributed by atoms with Crippen LogP contribution in [0.4, 0.5) is 0 Å². The third kappa shape index (κ3) is 2.85. The summed E-state index contributed by atoms with van der Waals surface area (Å²) in [5.74, 6) is -1.87. The first kappa shape index (κ1) is 17.6. The monoisotopic (exact) mass is 393 g/mol. The number of hydrogen-bond donors (Lipinski definition) is 2. The molecule has 0 unspecified atom stereocenters. The Balaban J connectivity index is 2.09. The zero-order valence-corrected chi connectivity index (χ0v) is 15.0. The number of H-pyrrole nitrogens is 1. The number of halogens is 1. The molecule has 2 heterocycles. The number of para-hydroxylation sites is 1. The Morgan fingerprint density at radius 2 is 1.68 bits per heavy atom. The zero-order chi connectivity index (χ0) is 19.7. The second-order valence-corrected chi connectivity index (χ2v) is 6.17. The van der Waals surface area contributed by atoms with Crippen molar-refractivity contribution >= 4 is 17.4 Å². The van der Waals surface area contributed by atoms with Gasteiger partial charge in [0.25, 0.3) is 5.56 Å². The number of aromatic nitrogens is 5. The lowest BCUT2D eigenvalue weighted by atomic mass is 10.1. The maximum atomic E-state index is 13.3. The average Bonchev–Trinajstić information content (AvgIpc) is 3.27. The van der Waals surface area contributed by atoms with E-state index in [9.17, 15) is 14.7 Å².